The van der Waals surface area contributed by atoms with Crippen molar-refractivity contribution in [3.63, 3.8) is 0 Å². The molecule has 0 N–H and O–H groups in total. The number of ketones is 1. The number of hydrogen-bond acceptors (Lipinski definition) is 2. The molecule has 0 spiro atoms. The highest BCUT2D eigenvalue weighted by molar-refractivity contribution is 6.35. The standard InChI is InChI=1S/C27H23NO2/c29-20-25(30)27-26(23-16-8-3-9-17-23)24(22-14-6-2-7-15-22)19-28(27)18-10-13-21-11-4-1-5-12-21/h1-9,11-12,14-17,19-20H,10,13,18H2. The summed E-state index contributed by atoms with van der Waals surface area (Å²) in [5, 5.41) is 0. The predicted molar refractivity (Wildman–Crippen MR) is 120 cm³/mol. The third-order valence-electron chi connectivity index (χ3n) is 5.27. The van der Waals surface area contributed by atoms with Crippen LogP contribution in [0.1, 0.15) is 22.5 Å². The quantitative estimate of drug-likeness (QED) is 0.214. The fourth-order valence-corrected chi connectivity index (χ4v) is 3.88. The summed E-state index contributed by atoms with van der Waals surface area (Å²) < 4.78 is 1.95. The lowest BCUT2D eigenvalue weighted by molar-refractivity contribution is -0.104. The molecule has 0 bridgehead atoms. The molecule has 1 aromatic heterocycles. The summed E-state index contributed by atoms with van der Waals surface area (Å²) in [5.74, 6) is -0.490. The Balaban J connectivity index is 1.78. The average molecular weight is 393 g/mol. The van der Waals surface area contributed by atoms with Crippen molar-refractivity contribution in [1.29, 1.82) is 0 Å². The van der Waals surface area contributed by atoms with E-state index in [9.17, 15) is 9.59 Å². The minimum atomic E-state index is -0.490. The molecule has 0 saturated heterocycles. The number of nitrogens with zero attached hydrogens (tertiary/aromatic N) is 1. The first-order valence-corrected chi connectivity index (χ1v) is 10.2. The zero-order chi connectivity index (χ0) is 20.8. The van der Waals surface area contributed by atoms with Crippen LogP contribution >= 0.6 is 0 Å². The number of carbonyl (C=O) groups is 2. The van der Waals surface area contributed by atoms with Gasteiger partial charge in [0.2, 0.25) is 5.78 Å². The number of aryl methyl sites for hydroxylation is 2. The highest BCUT2D eigenvalue weighted by Gasteiger charge is 2.23. The van der Waals surface area contributed by atoms with Crippen LogP contribution in [0.2, 0.25) is 0 Å². The third kappa shape index (κ3) is 4.15. The molecule has 0 aliphatic carbocycles. The van der Waals surface area contributed by atoms with Crippen LogP contribution < -0.4 is 0 Å². The van der Waals surface area contributed by atoms with Gasteiger partial charge in [-0.25, -0.2) is 0 Å². The SMILES string of the molecule is O=CC(=O)c1c(-c2ccccc2)c(-c2ccccc2)cn1CCCc1ccccc1. The van der Waals surface area contributed by atoms with Crippen LogP contribution in [-0.2, 0) is 17.8 Å². The molecule has 0 aliphatic rings. The van der Waals surface area contributed by atoms with E-state index in [0.717, 1.165) is 35.1 Å². The number of aldehydes is 1. The van der Waals surface area contributed by atoms with Crippen molar-refractivity contribution in [2.24, 2.45) is 0 Å². The van der Waals surface area contributed by atoms with Crippen LogP contribution in [0.25, 0.3) is 22.3 Å². The van der Waals surface area contributed by atoms with Gasteiger partial charge in [-0.2, -0.15) is 0 Å². The lowest BCUT2D eigenvalue weighted by Gasteiger charge is -2.09. The molecular formula is C27H23NO2. The summed E-state index contributed by atoms with van der Waals surface area (Å²) in [6, 6.07) is 30.1. The summed E-state index contributed by atoms with van der Waals surface area (Å²) in [6.45, 7) is 0.663. The van der Waals surface area contributed by atoms with Gasteiger partial charge in [0.1, 0.15) is 5.69 Å². The Bertz CT molecular complexity index is 1130. The Labute approximate surface area is 176 Å². The van der Waals surface area contributed by atoms with Crippen LogP contribution in [0.5, 0.6) is 0 Å². The van der Waals surface area contributed by atoms with E-state index in [0.29, 0.717) is 18.5 Å². The number of benzene rings is 3. The van der Waals surface area contributed by atoms with E-state index >= 15 is 0 Å². The first-order valence-electron chi connectivity index (χ1n) is 10.2. The molecule has 3 nitrogen and oxygen atoms in total. The molecule has 0 atom stereocenters. The molecule has 0 amide bonds. The topological polar surface area (TPSA) is 39.1 Å². The average Bonchev–Trinajstić information content (AvgIpc) is 3.20. The minimum Gasteiger partial charge on any atom is -0.344 e. The minimum absolute atomic E-state index is 0.421. The van der Waals surface area contributed by atoms with Gasteiger partial charge in [0.25, 0.3) is 0 Å². The fraction of sp³-hybridized carbons (Fsp3) is 0.111. The van der Waals surface area contributed by atoms with E-state index in [-0.39, 0.29) is 0 Å². The van der Waals surface area contributed by atoms with Crippen LogP contribution in [0, 0.1) is 0 Å². The Morgan fingerprint density at radius 3 is 1.93 bits per heavy atom. The van der Waals surface area contributed by atoms with Crippen LogP contribution in [-0.4, -0.2) is 16.6 Å². The second-order valence-electron chi connectivity index (χ2n) is 7.26. The van der Waals surface area contributed by atoms with Crippen molar-refractivity contribution in [3.05, 3.63) is 108 Å². The summed E-state index contributed by atoms with van der Waals surface area (Å²) in [7, 11) is 0. The van der Waals surface area contributed by atoms with Crippen molar-refractivity contribution in [2.45, 2.75) is 19.4 Å². The van der Waals surface area contributed by atoms with E-state index in [1.807, 2.05) is 89.6 Å². The Morgan fingerprint density at radius 2 is 1.33 bits per heavy atom. The van der Waals surface area contributed by atoms with Crippen LogP contribution in [0.4, 0.5) is 0 Å². The molecular weight excluding hydrogens is 370 g/mol. The second kappa shape index (κ2) is 9.19. The fourth-order valence-electron chi connectivity index (χ4n) is 3.88. The van der Waals surface area contributed by atoms with Gasteiger partial charge in [-0.05, 0) is 29.5 Å². The molecule has 0 unspecified atom stereocenters. The number of carbonyl (C=O) groups excluding carboxylic acids is 2. The van der Waals surface area contributed by atoms with Gasteiger partial charge in [0.05, 0.1) is 0 Å². The molecule has 4 aromatic rings. The zero-order valence-corrected chi connectivity index (χ0v) is 16.7. The van der Waals surface area contributed by atoms with Crippen molar-refractivity contribution in [1.82, 2.24) is 4.57 Å². The van der Waals surface area contributed by atoms with Crippen molar-refractivity contribution in [2.75, 3.05) is 0 Å². The number of hydrogen-bond donors (Lipinski definition) is 0. The van der Waals surface area contributed by atoms with E-state index in [1.54, 1.807) is 0 Å². The van der Waals surface area contributed by atoms with Gasteiger partial charge in [-0.3, -0.25) is 9.59 Å². The highest BCUT2D eigenvalue weighted by Crippen LogP contribution is 2.37. The number of aromatic nitrogens is 1. The maximum Gasteiger partial charge on any atom is 0.242 e. The molecule has 4 rings (SSSR count). The van der Waals surface area contributed by atoms with Gasteiger partial charge in [0, 0.05) is 23.9 Å². The largest absolute Gasteiger partial charge is 0.344 e. The van der Waals surface area contributed by atoms with Gasteiger partial charge in [-0.15, -0.1) is 0 Å². The molecule has 3 heteroatoms. The summed E-state index contributed by atoms with van der Waals surface area (Å²) in [5.41, 5.74) is 5.47. The summed E-state index contributed by atoms with van der Waals surface area (Å²) >= 11 is 0. The maximum atomic E-state index is 12.7. The van der Waals surface area contributed by atoms with E-state index in [2.05, 4.69) is 12.1 Å². The molecule has 1 heterocycles. The van der Waals surface area contributed by atoms with Gasteiger partial charge in [0.15, 0.2) is 6.29 Å². The Morgan fingerprint density at radius 1 is 0.767 bits per heavy atom. The lowest BCUT2D eigenvalue weighted by atomic mass is 9.96. The smallest absolute Gasteiger partial charge is 0.242 e. The van der Waals surface area contributed by atoms with Gasteiger partial charge in [-0.1, -0.05) is 91.0 Å². The Kier molecular flexibility index (Phi) is 6.00. The van der Waals surface area contributed by atoms with Crippen molar-refractivity contribution >= 4 is 12.1 Å². The molecule has 3 aromatic carbocycles. The predicted octanol–water partition coefficient (Wildman–Crippen LogP) is 5.84. The molecule has 30 heavy (non-hydrogen) atoms. The monoisotopic (exact) mass is 393 g/mol. The van der Waals surface area contributed by atoms with Crippen LogP contribution in [0.3, 0.4) is 0 Å². The van der Waals surface area contributed by atoms with Crippen molar-refractivity contribution < 1.29 is 9.59 Å². The van der Waals surface area contributed by atoms with Crippen LogP contribution in [0.15, 0.2) is 97.2 Å². The van der Waals surface area contributed by atoms with Gasteiger partial charge < -0.3 is 4.57 Å². The third-order valence-corrected chi connectivity index (χ3v) is 5.27. The molecule has 0 fully saturated rings. The van der Waals surface area contributed by atoms with Gasteiger partial charge >= 0.3 is 0 Å². The Hall–Kier alpha value is -3.72. The molecule has 148 valence electrons. The second-order valence-corrected chi connectivity index (χ2v) is 7.26. The zero-order valence-electron chi connectivity index (χ0n) is 16.7. The highest BCUT2D eigenvalue weighted by atomic mass is 16.2. The van der Waals surface area contributed by atoms with E-state index in [1.165, 1.54) is 5.56 Å². The maximum absolute atomic E-state index is 12.7. The first kappa shape index (κ1) is 19.6. The normalized spacial score (nSPS) is 10.7. The summed E-state index contributed by atoms with van der Waals surface area (Å²) in [4.78, 5) is 24.2. The van der Waals surface area contributed by atoms with E-state index in [4.69, 9.17) is 0 Å². The summed E-state index contributed by atoms with van der Waals surface area (Å²) in [6.07, 6.45) is 4.22. The molecule has 0 radical (unpaired) electrons. The molecule has 0 aliphatic heterocycles. The van der Waals surface area contributed by atoms with Crippen molar-refractivity contribution in [3.8, 4) is 22.3 Å². The van der Waals surface area contributed by atoms with E-state index < -0.39 is 5.78 Å². The number of Topliss-reactive ketones (excluding diaryl/α,β-unsaturated/α-hetero) is 1. The number of rotatable bonds is 8. The first-order chi connectivity index (χ1) is 14.8. The lowest BCUT2D eigenvalue weighted by Crippen LogP contribution is -2.11. The molecule has 0 saturated carbocycles.